The molecule has 1 atom stereocenters. The van der Waals surface area contributed by atoms with Gasteiger partial charge in [-0.25, -0.2) is 0 Å². The molecule has 0 radical (unpaired) electrons. The molecule has 0 saturated carbocycles. The number of halogens is 1. The molecule has 0 fully saturated rings. The van der Waals surface area contributed by atoms with Crippen molar-refractivity contribution in [2.24, 2.45) is 5.73 Å². The molecule has 0 bridgehead atoms. The van der Waals surface area contributed by atoms with Crippen LogP contribution >= 0.6 is 12.4 Å². The molecule has 0 amide bonds. The number of ether oxygens (including phenoxy) is 1. The number of unbranched alkanes of at least 4 members (excludes halogenated alkanes) is 1. The lowest BCUT2D eigenvalue weighted by Crippen LogP contribution is -2.10. The molecule has 1 aromatic carbocycles. The van der Waals surface area contributed by atoms with Crippen LogP contribution in [0.2, 0.25) is 0 Å². The largest absolute Gasteiger partial charge is 0.494 e. The Labute approximate surface area is 105 Å². The van der Waals surface area contributed by atoms with E-state index in [2.05, 4.69) is 13.0 Å². The summed E-state index contributed by atoms with van der Waals surface area (Å²) in [5.41, 5.74) is 7.27. The third-order valence-corrected chi connectivity index (χ3v) is 2.47. The van der Waals surface area contributed by atoms with Gasteiger partial charge >= 0.3 is 0 Å². The molecule has 0 aliphatic rings. The number of nitrogens with two attached hydrogens (primary N) is 1. The summed E-state index contributed by atoms with van der Waals surface area (Å²) in [6.45, 7) is 4.88. The highest BCUT2D eigenvalue weighted by Crippen LogP contribution is 2.21. The normalized spacial score (nSPS) is 11.7. The van der Waals surface area contributed by atoms with Gasteiger partial charge in [-0.1, -0.05) is 31.9 Å². The number of hydrogen-bond acceptors (Lipinski definition) is 2. The Morgan fingerprint density at radius 2 is 2.06 bits per heavy atom. The highest BCUT2D eigenvalue weighted by Gasteiger charge is 2.05. The summed E-state index contributed by atoms with van der Waals surface area (Å²) < 4.78 is 5.45. The van der Waals surface area contributed by atoms with Gasteiger partial charge in [-0.15, -0.1) is 12.4 Å². The van der Waals surface area contributed by atoms with Crippen LogP contribution in [0.15, 0.2) is 24.3 Å². The van der Waals surface area contributed by atoms with E-state index in [-0.39, 0.29) is 18.4 Å². The minimum Gasteiger partial charge on any atom is -0.494 e. The Morgan fingerprint density at radius 1 is 1.31 bits per heavy atom. The van der Waals surface area contributed by atoms with Crippen molar-refractivity contribution < 1.29 is 4.74 Å². The molecule has 0 saturated heterocycles. The number of rotatable bonds is 6. The number of benzene rings is 1. The average Bonchev–Trinajstić information content (AvgIpc) is 2.27. The van der Waals surface area contributed by atoms with E-state index in [1.54, 1.807) is 0 Å². The highest BCUT2D eigenvalue weighted by atomic mass is 35.5. The van der Waals surface area contributed by atoms with E-state index in [0.29, 0.717) is 6.61 Å². The summed E-state index contributed by atoms with van der Waals surface area (Å²) in [4.78, 5) is 0. The van der Waals surface area contributed by atoms with Gasteiger partial charge in [0.2, 0.25) is 0 Å². The molecule has 0 spiro atoms. The van der Waals surface area contributed by atoms with Crippen LogP contribution in [0.5, 0.6) is 5.75 Å². The predicted molar refractivity (Wildman–Crippen MR) is 71.3 cm³/mol. The molecule has 0 unspecified atom stereocenters. The first-order valence-corrected chi connectivity index (χ1v) is 5.76. The maximum atomic E-state index is 6.09. The first-order chi connectivity index (χ1) is 7.27. The van der Waals surface area contributed by atoms with Crippen molar-refractivity contribution in [1.29, 1.82) is 0 Å². The van der Waals surface area contributed by atoms with Gasteiger partial charge < -0.3 is 10.5 Å². The Balaban J connectivity index is 0.00000225. The van der Waals surface area contributed by atoms with Crippen LogP contribution in [-0.2, 0) is 0 Å². The molecular formula is C13H22ClNO. The lowest BCUT2D eigenvalue weighted by molar-refractivity contribution is 0.339. The van der Waals surface area contributed by atoms with Crippen molar-refractivity contribution in [2.75, 3.05) is 6.61 Å². The van der Waals surface area contributed by atoms with E-state index < -0.39 is 0 Å². The highest BCUT2D eigenvalue weighted by molar-refractivity contribution is 5.85. The first kappa shape index (κ1) is 15.3. The van der Waals surface area contributed by atoms with E-state index >= 15 is 0 Å². The van der Waals surface area contributed by atoms with Gasteiger partial charge in [0.05, 0.1) is 6.61 Å². The summed E-state index contributed by atoms with van der Waals surface area (Å²) in [6.07, 6.45) is 3.42. The molecule has 0 aliphatic carbocycles. The molecule has 0 heterocycles. The summed E-state index contributed by atoms with van der Waals surface area (Å²) in [5, 5.41) is 0. The van der Waals surface area contributed by atoms with Crippen molar-refractivity contribution in [3.05, 3.63) is 29.8 Å². The van der Waals surface area contributed by atoms with Crippen molar-refractivity contribution in [1.82, 2.24) is 0 Å². The smallest absolute Gasteiger partial charge is 0.119 e. The third-order valence-electron chi connectivity index (χ3n) is 2.47. The second-order valence-electron chi connectivity index (χ2n) is 3.75. The standard InChI is InChI=1S/C13H21NO.ClH/c1-3-5-9-13(14)11-7-6-8-12(10-11)15-4-2;/h6-8,10,13H,3-5,9,14H2,1-2H3;1H/t13-;/m0./s1. The van der Waals surface area contributed by atoms with E-state index in [1.807, 2.05) is 25.1 Å². The lowest BCUT2D eigenvalue weighted by Gasteiger charge is -2.12. The fourth-order valence-corrected chi connectivity index (χ4v) is 1.59. The zero-order chi connectivity index (χ0) is 11.1. The van der Waals surface area contributed by atoms with Crippen LogP contribution in [0.1, 0.15) is 44.7 Å². The molecule has 3 heteroatoms. The second kappa shape index (κ2) is 8.43. The Kier molecular flexibility index (Phi) is 8.04. The Hall–Kier alpha value is -0.730. The van der Waals surface area contributed by atoms with E-state index in [4.69, 9.17) is 10.5 Å². The van der Waals surface area contributed by atoms with Crippen LogP contribution in [-0.4, -0.2) is 6.61 Å². The summed E-state index contributed by atoms with van der Waals surface area (Å²) in [7, 11) is 0. The molecule has 92 valence electrons. The van der Waals surface area contributed by atoms with Crippen molar-refractivity contribution in [2.45, 2.75) is 39.2 Å². The van der Waals surface area contributed by atoms with Crippen LogP contribution in [0.3, 0.4) is 0 Å². The maximum absolute atomic E-state index is 6.09. The van der Waals surface area contributed by atoms with Crippen molar-refractivity contribution in [3.63, 3.8) is 0 Å². The Morgan fingerprint density at radius 3 is 2.69 bits per heavy atom. The topological polar surface area (TPSA) is 35.2 Å². The minimum atomic E-state index is 0. The van der Waals surface area contributed by atoms with Crippen molar-refractivity contribution in [3.8, 4) is 5.75 Å². The number of hydrogen-bond donors (Lipinski definition) is 1. The molecular weight excluding hydrogens is 222 g/mol. The van der Waals surface area contributed by atoms with Crippen molar-refractivity contribution >= 4 is 12.4 Å². The van der Waals surface area contributed by atoms with Gasteiger partial charge in [-0.2, -0.15) is 0 Å². The van der Waals surface area contributed by atoms with Gasteiger partial charge in [0.25, 0.3) is 0 Å². The average molecular weight is 244 g/mol. The van der Waals surface area contributed by atoms with Crippen LogP contribution in [0, 0.1) is 0 Å². The second-order valence-corrected chi connectivity index (χ2v) is 3.75. The molecule has 0 aliphatic heterocycles. The monoisotopic (exact) mass is 243 g/mol. The van der Waals surface area contributed by atoms with Gasteiger partial charge in [-0.3, -0.25) is 0 Å². The zero-order valence-electron chi connectivity index (χ0n) is 10.1. The molecule has 16 heavy (non-hydrogen) atoms. The van der Waals surface area contributed by atoms with Gasteiger partial charge in [0.15, 0.2) is 0 Å². The third kappa shape index (κ3) is 4.86. The Bertz CT molecular complexity index is 291. The molecule has 2 nitrogen and oxygen atoms in total. The molecule has 1 aromatic rings. The van der Waals surface area contributed by atoms with Crippen LogP contribution in [0.4, 0.5) is 0 Å². The summed E-state index contributed by atoms with van der Waals surface area (Å²) in [6, 6.07) is 8.24. The summed E-state index contributed by atoms with van der Waals surface area (Å²) in [5.74, 6) is 0.918. The molecule has 1 rings (SSSR count). The SMILES string of the molecule is CCCC[C@H](N)c1cccc(OCC)c1.Cl. The predicted octanol–water partition coefficient (Wildman–Crippen LogP) is 3.70. The van der Waals surface area contributed by atoms with E-state index in [9.17, 15) is 0 Å². The fraction of sp³-hybridized carbons (Fsp3) is 0.538. The molecule has 0 aromatic heterocycles. The lowest BCUT2D eigenvalue weighted by atomic mass is 10.0. The van der Waals surface area contributed by atoms with Gasteiger partial charge in [0.1, 0.15) is 5.75 Å². The minimum absolute atomic E-state index is 0. The first-order valence-electron chi connectivity index (χ1n) is 5.76. The molecule has 2 N–H and O–H groups in total. The van der Waals surface area contributed by atoms with Gasteiger partial charge in [0, 0.05) is 6.04 Å². The zero-order valence-corrected chi connectivity index (χ0v) is 10.9. The quantitative estimate of drug-likeness (QED) is 0.827. The van der Waals surface area contributed by atoms with E-state index in [0.717, 1.165) is 12.2 Å². The fourth-order valence-electron chi connectivity index (χ4n) is 1.59. The van der Waals surface area contributed by atoms with Crippen LogP contribution in [0.25, 0.3) is 0 Å². The van der Waals surface area contributed by atoms with Gasteiger partial charge in [-0.05, 0) is 31.0 Å². The van der Waals surface area contributed by atoms with E-state index in [1.165, 1.54) is 18.4 Å². The van der Waals surface area contributed by atoms with Crippen LogP contribution < -0.4 is 10.5 Å². The summed E-state index contributed by atoms with van der Waals surface area (Å²) >= 11 is 0. The maximum Gasteiger partial charge on any atom is 0.119 e.